The van der Waals surface area contributed by atoms with Gasteiger partial charge in [-0.15, -0.1) is 53.6 Å². The number of fused-ring (bicyclic) bond motifs is 4. The Balaban J connectivity index is 0.00000608. The first-order valence-corrected chi connectivity index (χ1v) is 24.2. The van der Waals surface area contributed by atoms with Gasteiger partial charge in [0.05, 0.1) is 0 Å². The van der Waals surface area contributed by atoms with E-state index in [-0.39, 0.29) is 49.5 Å². The van der Waals surface area contributed by atoms with E-state index in [9.17, 15) is 4.39 Å². The van der Waals surface area contributed by atoms with Crippen LogP contribution in [0, 0.1) is 31.5 Å². The molecule has 0 radical (unpaired) electrons. The van der Waals surface area contributed by atoms with Crippen LogP contribution in [0.1, 0.15) is 109 Å². The maximum Gasteiger partial charge on any atom is 0.135 e. The molecule has 70 heavy (non-hydrogen) atoms. The van der Waals surface area contributed by atoms with E-state index < -0.39 is 0 Å². The van der Waals surface area contributed by atoms with Crippen molar-refractivity contribution in [2.45, 2.75) is 98.8 Å². The third-order valence-electron chi connectivity index (χ3n) is 13.5. The minimum atomic E-state index is -0.239. The van der Waals surface area contributed by atoms with Crippen LogP contribution in [0.4, 0.5) is 27.1 Å². The van der Waals surface area contributed by atoms with Crippen LogP contribution in [0.15, 0.2) is 146 Å². The number of nitrogens with zero attached hydrogens (tertiary/aromatic N) is 4. The quantitative estimate of drug-likeness (QED) is 0.135. The Morgan fingerprint density at radius 2 is 1.23 bits per heavy atom. The van der Waals surface area contributed by atoms with Crippen molar-refractivity contribution in [3.05, 3.63) is 198 Å². The molecule has 0 atom stereocenters. The van der Waals surface area contributed by atoms with E-state index >= 15 is 0 Å². The molecule has 7 aromatic carbocycles. The van der Waals surface area contributed by atoms with E-state index in [2.05, 4.69) is 200 Å². The molecule has 1 aliphatic rings. The van der Waals surface area contributed by atoms with Gasteiger partial charge in [0.15, 0.2) is 0 Å². The van der Waals surface area contributed by atoms with Crippen molar-refractivity contribution >= 4 is 44.6 Å². The molecule has 7 heteroatoms. The third kappa shape index (κ3) is 9.19. The monoisotopic (exact) mass is 1100 g/mol. The van der Waals surface area contributed by atoms with Crippen molar-refractivity contribution in [3.63, 3.8) is 0 Å². The second-order valence-corrected chi connectivity index (χ2v) is 21.3. The summed E-state index contributed by atoms with van der Waals surface area (Å²) in [7, 11) is 0. The van der Waals surface area contributed by atoms with Gasteiger partial charge >= 0.3 is 0 Å². The largest absolute Gasteiger partial charge is 0.509 e. The van der Waals surface area contributed by atoms with E-state index in [0.29, 0.717) is 11.5 Å². The van der Waals surface area contributed by atoms with Crippen LogP contribution >= 0.6 is 0 Å². The van der Waals surface area contributed by atoms with E-state index in [1.165, 1.54) is 27.8 Å². The van der Waals surface area contributed by atoms with Gasteiger partial charge in [0.25, 0.3) is 0 Å². The number of hydrogen-bond acceptors (Lipinski definition) is 4. The van der Waals surface area contributed by atoms with Crippen molar-refractivity contribution < 1.29 is 30.2 Å². The van der Waals surface area contributed by atoms with Gasteiger partial charge in [-0.25, -0.2) is 9.37 Å². The zero-order valence-corrected chi connectivity index (χ0v) is 44.3. The fourth-order valence-electron chi connectivity index (χ4n) is 9.60. The normalized spacial score (nSPS) is 12.9. The summed E-state index contributed by atoms with van der Waals surface area (Å²) >= 11 is 0. The van der Waals surface area contributed by atoms with Crippen LogP contribution in [0.5, 0.6) is 11.5 Å². The Hall–Kier alpha value is -6.49. The standard InChI is InChI=1S/C63H60FN4O.Pt/c1-39(2)54-33-45(42-20-22-48(64)23-21-42)34-55(40(3)4)61(54)67-38-66(57-26-19-41(5)28-59(57)67)49-31-44(43-29-46(62(6,7)8)35-47(30-43)63(9,10)11)32-51(36-49)69-50-24-25-53-52-16-12-13-17-56(52)68(58(53)37-50)60-18-14-15-27-65-60;/h12-35,38-40H,1-11H3;/q-3;. The first-order chi connectivity index (χ1) is 32.9. The summed E-state index contributed by atoms with van der Waals surface area (Å²) in [5, 5.41) is 2.20. The molecule has 0 saturated carbocycles. The minimum Gasteiger partial charge on any atom is -0.509 e. The van der Waals surface area contributed by atoms with Crippen molar-refractivity contribution in [1.82, 2.24) is 9.55 Å². The van der Waals surface area contributed by atoms with Crippen LogP contribution in [-0.2, 0) is 31.9 Å². The van der Waals surface area contributed by atoms with Crippen LogP contribution in [0.25, 0.3) is 49.9 Å². The van der Waals surface area contributed by atoms with Gasteiger partial charge in [0.1, 0.15) is 11.6 Å². The summed E-state index contributed by atoms with van der Waals surface area (Å²) in [5.41, 5.74) is 16.3. The summed E-state index contributed by atoms with van der Waals surface area (Å²) in [6.07, 6.45) is 1.82. The smallest absolute Gasteiger partial charge is 0.135 e. The Morgan fingerprint density at radius 3 is 1.87 bits per heavy atom. The van der Waals surface area contributed by atoms with Crippen LogP contribution in [-0.4, -0.2) is 9.55 Å². The van der Waals surface area contributed by atoms with Crippen LogP contribution < -0.4 is 14.5 Å². The van der Waals surface area contributed by atoms with Crippen LogP contribution in [0.2, 0.25) is 0 Å². The van der Waals surface area contributed by atoms with Gasteiger partial charge in [-0.3, -0.25) is 0 Å². The molecule has 0 unspecified atom stereocenters. The molecule has 0 fully saturated rings. The number of para-hydroxylation sites is 1. The predicted octanol–water partition coefficient (Wildman–Crippen LogP) is 17.6. The van der Waals surface area contributed by atoms with Gasteiger partial charge in [-0.1, -0.05) is 135 Å². The first-order valence-electron chi connectivity index (χ1n) is 24.2. The van der Waals surface area contributed by atoms with Gasteiger partial charge in [-0.05, 0) is 134 Å². The number of pyridine rings is 1. The average Bonchev–Trinajstić information content (AvgIpc) is 3.86. The second kappa shape index (κ2) is 18.7. The molecule has 0 saturated heterocycles. The Labute approximate surface area is 428 Å². The summed E-state index contributed by atoms with van der Waals surface area (Å²) in [5.74, 6) is 2.12. The van der Waals surface area contributed by atoms with Gasteiger partial charge < -0.3 is 19.1 Å². The number of halogens is 1. The number of aryl methyl sites for hydroxylation is 1. The van der Waals surface area contributed by atoms with Gasteiger partial charge in [-0.2, -0.15) is 6.07 Å². The fraction of sp³-hybridized carbons (Fsp3) is 0.238. The zero-order valence-electron chi connectivity index (χ0n) is 42.0. The van der Waals surface area contributed by atoms with Crippen molar-refractivity contribution in [3.8, 4) is 39.6 Å². The summed E-state index contributed by atoms with van der Waals surface area (Å²) < 4.78 is 23.3. The van der Waals surface area contributed by atoms with E-state index in [1.54, 1.807) is 12.1 Å². The summed E-state index contributed by atoms with van der Waals surface area (Å²) in [6, 6.07) is 55.5. The van der Waals surface area contributed by atoms with Gasteiger partial charge in [0.2, 0.25) is 0 Å². The van der Waals surface area contributed by atoms with Crippen LogP contribution in [0.3, 0.4) is 0 Å². The van der Waals surface area contributed by atoms with E-state index in [4.69, 9.17) is 9.72 Å². The molecule has 0 spiro atoms. The molecule has 0 amide bonds. The SMILES string of the molecule is Cc1ccc2c(c1)N(c1c(C(C)C)cc(-c3ccc(F)cc3)cc1C(C)C)[CH-]N2c1[c-]c(Oc2[c-]c3c(cc2)c2ccccc2n3-c2ccccn2)cc(-c2cc(C(C)(C)C)cc(C(C)(C)C)c2)c1.[Pt]. The third-order valence-corrected chi connectivity index (χ3v) is 13.5. The molecule has 0 aliphatic carbocycles. The minimum absolute atomic E-state index is 0. The molecule has 2 aromatic heterocycles. The molecule has 9 aromatic rings. The predicted molar refractivity (Wildman–Crippen MR) is 285 cm³/mol. The number of hydrogen-bond donors (Lipinski definition) is 0. The fourth-order valence-corrected chi connectivity index (χ4v) is 9.60. The Kier molecular flexibility index (Phi) is 13.0. The molecule has 10 rings (SSSR count). The van der Waals surface area contributed by atoms with Gasteiger partial charge in [0, 0.05) is 61.3 Å². The van der Waals surface area contributed by atoms with Crippen molar-refractivity contribution in [2.75, 3.05) is 9.80 Å². The van der Waals surface area contributed by atoms with E-state index in [1.807, 2.05) is 42.6 Å². The summed E-state index contributed by atoms with van der Waals surface area (Å²) in [6.45, 7) is 27.1. The Morgan fingerprint density at radius 1 is 0.586 bits per heavy atom. The number of rotatable bonds is 9. The number of aromatic nitrogens is 2. The average molecular weight is 1100 g/mol. The van der Waals surface area contributed by atoms with E-state index in [0.717, 1.165) is 72.6 Å². The van der Waals surface area contributed by atoms with Crippen molar-refractivity contribution in [1.29, 1.82) is 0 Å². The maximum atomic E-state index is 14.2. The second-order valence-electron chi connectivity index (χ2n) is 21.3. The zero-order chi connectivity index (χ0) is 48.5. The molecule has 0 bridgehead atoms. The number of anilines is 4. The molecular formula is C63H60FN4OPt-3. The topological polar surface area (TPSA) is 33.5 Å². The molecule has 5 nitrogen and oxygen atoms in total. The number of ether oxygens (including phenoxy) is 1. The molecule has 358 valence electrons. The summed E-state index contributed by atoms with van der Waals surface area (Å²) in [4.78, 5) is 9.39. The molecule has 1 aliphatic heterocycles. The molecule has 0 N–H and O–H groups in total. The number of benzene rings is 7. The first kappa shape index (κ1) is 48.5. The molecular weight excluding hydrogens is 1040 g/mol. The van der Waals surface area contributed by atoms with Crippen molar-refractivity contribution in [2.24, 2.45) is 0 Å². The molecule has 3 heterocycles. The Bertz CT molecular complexity index is 3330. The maximum absolute atomic E-state index is 14.2.